The molecular weight excluding hydrogens is 226 g/mol. The molecule has 96 valence electrons. The van der Waals surface area contributed by atoms with Gasteiger partial charge in [-0.05, 0) is 11.6 Å². The summed E-state index contributed by atoms with van der Waals surface area (Å²) >= 11 is 0. The Morgan fingerprint density at radius 2 is 2.11 bits per heavy atom. The Bertz CT molecular complexity index is 457. The molecule has 0 aliphatic rings. The lowest BCUT2D eigenvalue weighted by atomic mass is 10.1. The van der Waals surface area contributed by atoms with Crippen molar-refractivity contribution in [3.63, 3.8) is 0 Å². The van der Waals surface area contributed by atoms with Gasteiger partial charge in [-0.25, -0.2) is 0 Å². The molecule has 0 saturated carbocycles. The number of aliphatic hydroxyl groups is 1. The van der Waals surface area contributed by atoms with Gasteiger partial charge in [0, 0.05) is 32.0 Å². The van der Waals surface area contributed by atoms with Gasteiger partial charge in [-0.1, -0.05) is 37.0 Å². The van der Waals surface area contributed by atoms with Gasteiger partial charge < -0.3 is 10.0 Å². The fourth-order valence-corrected chi connectivity index (χ4v) is 1.61. The minimum Gasteiger partial charge on any atom is -0.395 e. The number of hydrogen-bond donors (Lipinski definition) is 1. The van der Waals surface area contributed by atoms with E-state index in [0.29, 0.717) is 19.4 Å². The average Bonchev–Trinajstić information content (AvgIpc) is 2.40. The number of hydrogen-bond acceptors (Lipinski definition) is 2. The van der Waals surface area contributed by atoms with E-state index in [2.05, 4.69) is 11.8 Å². The molecule has 1 N–H and O–H groups in total. The van der Waals surface area contributed by atoms with Crippen LogP contribution in [0.25, 0.3) is 0 Å². The molecule has 1 rings (SSSR count). The molecule has 0 radical (unpaired) electrons. The van der Waals surface area contributed by atoms with Crippen LogP contribution in [-0.4, -0.2) is 29.6 Å². The van der Waals surface area contributed by atoms with E-state index in [0.717, 1.165) is 11.1 Å². The monoisotopic (exact) mass is 245 g/mol. The summed E-state index contributed by atoms with van der Waals surface area (Å²) in [6.45, 7) is 2.49. The van der Waals surface area contributed by atoms with Crippen LogP contribution in [0.4, 0.5) is 0 Å². The molecule has 1 amide bonds. The van der Waals surface area contributed by atoms with Crippen molar-refractivity contribution in [1.29, 1.82) is 0 Å². The third-order valence-electron chi connectivity index (χ3n) is 2.61. The maximum absolute atomic E-state index is 11.5. The second-order valence-corrected chi connectivity index (χ2v) is 4.04. The summed E-state index contributed by atoms with van der Waals surface area (Å²) in [4.78, 5) is 13.2. The van der Waals surface area contributed by atoms with E-state index >= 15 is 0 Å². The lowest BCUT2D eigenvalue weighted by Crippen LogP contribution is -2.25. The van der Waals surface area contributed by atoms with Crippen molar-refractivity contribution >= 4 is 5.91 Å². The molecule has 0 aromatic heterocycles. The van der Waals surface area contributed by atoms with Gasteiger partial charge in [-0.15, -0.1) is 0 Å². The largest absolute Gasteiger partial charge is 0.395 e. The second-order valence-electron chi connectivity index (χ2n) is 4.04. The standard InChI is InChI=1S/C15H19NO2/c1-3-15(18)16(2)12-14-10-5-4-8-13(14)9-6-7-11-17/h4-5,8,10,17H,3,7,11-12H2,1-2H3. The zero-order valence-corrected chi connectivity index (χ0v) is 10.9. The van der Waals surface area contributed by atoms with E-state index in [9.17, 15) is 4.79 Å². The molecule has 3 heteroatoms. The molecule has 18 heavy (non-hydrogen) atoms. The first-order valence-electron chi connectivity index (χ1n) is 6.10. The fourth-order valence-electron chi connectivity index (χ4n) is 1.61. The number of nitrogens with zero attached hydrogens (tertiary/aromatic N) is 1. The summed E-state index contributed by atoms with van der Waals surface area (Å²) in [5.41, 5.74) is 1.95. The summed E-state index contributed by atoms with van der Waals surface area (Å²) in [6, 6.07) is 7.78. The molecule has 0 heterocycles. The Kier molecular flexibility index (Phi) is 5.96. The molecule has 0 fully saturated rings. The Morgan fingerprint density at radius 3 is 2.78 bits per heavy atom. The van der Waals surface area contributed by atoms with E-state index in [-0.39, 0.29) is 12.5 Å². The summed E-state index contributed by atoms with van der Waals surface area (Å²) < 4.78 is 0. The highest BCUT2D eigenvalue weighted by molar-refractivity contribution is 5.75. The summed E-state index contributed by atoms with van der Waals surface area (Å²) in [7, 11) is 1.80. The van der Waals surface area contributed by atoms with E-state index in [1.165, 1.54) is 0 Å². The smallest absolute Gasteiger partial charge is 0.222 e. The summed E-state index contributed by atoms with van der Waals surface area (Å²) in [6.07, 6.45) is 0.979. The van der Waals surface area contributed by atoms with Crippen molar-refractivity contribution in [3.05, 3.63) is 35.4 Å². The van der Waals surface area contributed by atoms with Gasteiger partial charge in [0.2, 0.25) is 5.91 Å². The number of carbonyl (C=O) groups is 1. The first-order chi connectivity index (χ1) is 8.69. The van der Waals surface area contributed by atoms with Crippen molar-refractivity contribution < 1.29 is 9.90 Å². The molecule has 0 unspecified atom stereocenters. The van der Waals surface area contributed by atoms with Crippen LogP contribution in [-0.2, 0) is 11.3 Å². The third-order valence-corrected chi connectivity index (χ3v) is 2.61. The molecule has 0 bridgehead atoms. The van der Waals surface area contributed by atoms with Gasteiger partial charge in [0.15, 0.2) is 0 Å². The maximum Gasteiger partial charge on any atom is 0.222 e. The number of carbonyl (C=O) groups excluding carboxylic acids is 1. The quantitative estimate of drug-likeness (QED) is 0.822. The number of rotatable bonds is 4. The normalized spacial score (nSPS) is 9.50. The van der Waals surface area contributed by atoms with Crippen LogP contribution in [0.5, 0.6) is 0 Å². The van der Waals surface area contributed by atoms with Crippen LogP contribution in [0.3, 0.4) is 0 Å². The van der Waals surface area contributed by atoms with Crippen LogP contribution in [0.2, 0.25) is 0 Å². The Balaban J connectivity index is 2.83. The lowest BCUT2D eigenvalue weighted by Gasteiger charge is -2.17. The molecule has 0 aliphatic carbocycles. The van der Waals surface area contributed by atoms with Gasteiger partial charge >= 0.3 is 0 Å². The molecule has 0 atom stereocenters. The SMILES string of the molecule is CCC(=O)N(C)Cc1ccccc1C#CCCO. The first-order valence-corrected chi connectivity index (χ1v) is 6.10. The second kappa shape index (κ2) is 7.52. The van der Waals surface area contributed by atoms with Crippen LogP contribution in [0, 0.1) is 11.8 Å². The van der Waals surface area contributed by atoms with E-state index in [1.54, 1.807) is 11.9 Å². The molecule has 3 nitrogen and oxygen atoms in total. The number of amides is 1. The Morgan fingerprint density at radius 1 is 1.39 bits per heavy atom. The molecule has 1 aromatic carbocycles. The molecule has 0 spiro atoms. The lowest BCUT2D eigenvalue weighted by molar-refractivity contribution is -0.130. The third kappa shape index (κ3) is 4.23. The molecule has 0 saturated heterocycles. The predicted molar refractivity (Wildman–Crippen MR) is 71.8 cm³/mol. The zero-order valence-electron chi connectivity index (χ0n) is 10.9. The Hall–Kier alpha value is -1.79. The molecule has 1 aromatic rings. The number of aliphatic hydroxyl groups excluding tert-OH is 1. The highest BCUT2D eigenvalue weighted by Crippen LogP contribution is 2.10. The van der Waals surface area contributed by atoms with Gasteiger partial charge in [0.05, 0.1) is 6.61 Å². The van der Waals surface area contributed by atoms with Crippen molar-refractivity contribution in [3.8, 4) is 11.8 Å². The maximum atomic E-state index is 11.5. The van der Waals surface area contributed by atoms with E-state index in [1.807, 2.05) is 31.2 Å². The zero-order chi connectivity index (χ0) is 13.4. The molecular formula is C15H19NO2. The highest BCUT2D eigenvalue weighted by atomic mass is 16.2. The van der Waals surface area contributed by atoms with Crippen LogP contribution in [0.1, 0.15) is 30.9 Å². The van der Waals surface area contributed by atoms with Crippen LogP contribution >= 0.6 is 0 Å². The van der Waals surface area contributed by atoms with Gasteiger partial charge in [0.25, 0.3) is 0 Å². The Labute approximate surface area is 108 Å². The van der Waals surface area contributed by atoms with E-state index in [4.69, 9.17) is 5.11 Å². The summed E-state index contributed by atoms with van der Waals surface area (Å²) in [5.74, 6) is 6.05. The topological polar surface area (TPSA) is 40.5 Å². The van der Waals surface area contributed by atoms with Crippen molar-refractivity contribution in [1.82, 2.24) is 4.90 Å². The highest BCUT2D eigenvalue weighted by Gasteiger charge is 2.08. The van der Waals surface area contributed by atoms with Gasteiger partial charge in [-0.2, -0.15) is 0 Å². The predicted octanol–water partition coefficient (Wildman–Crippen LogP) is 1.79. The van der Waals surface area contributed by atoms with Gasteiger partial charge in [-0.3, -0.25) is 4.79 Å². The minimum atomic E-state index is 0.0728. The minimum absolute atomic E-state index is 0.0728. The van der Waals surface area contributed by atoms with Crippen molar-refractivity contribution in [2.24, 2.45) is 0 Å². The van der Waals surface area contributed by atoms with Gasteiger partial charge in [0.1, 0.15) is 0 Å². The summed E-state index contributed by atoms with van der Waals surface area (Å²) in [5, 5.41) is 8.71. The molecule has 0 aliphatic heterocycles. The number of benzene rings is 1. The first kappa shape index (κ1) is 14.3. The average molecular weight is 245 g/mol. The van der Waals surface area contributed by atoms with E-state index < -0.39 is 0 Å². The van der Waals surface area contributed by atoms with Crippen molar-refractivity contribution in [2.45, 2.75) is 26.3 Å². The van der Waals surface area contributed by atoms with Crippen LogP contribution in [0.15, 0.2) is 24.3 Å². The van der Waals surface area contributed by atoms with Crippen molar-refractivity contribution in [2.75, 3.05) is 13.7 Å². The van der Waals surface area contributed by atoms with Crippen LogP contribution < -0.4 is 0 Å². The fraction of sp³-hybridized carbons (Fsp3) is 0.400.